The first-order valence-corrected chi connectivity index (χ1v) is 9.13. The van der Waals surface area contributed by atoms with Gasteiger partial charge in [-0.3, -0.25) is 19.8 Å². The molecule has 0 fully saturated rings. The Balaban J connectivity index is 2.28. The molecule has 1 heterocycles. The molecule has 0 spiro atoms. The quantitative estimate of drug-likeness (QED) is 0.328. The summed E-state index contributed by atoms with van der Waals surface area (Å²) in [7, 11) is 0. The van der Waals surface area contributed by atoms with Gasteiger partial charge in [0.15, 0.2) is 5.11 Å². The molecule has 0 atom stereocenters. The van der Waals surface area contributed by atoms with Crippen LogP contribution < -0.4 is 22.0 Å². The van der Waals surface area contributed by atoms with Crippen molar-refractivity contribution in [3.05, 3.63) is 56.7 Å². The van der Waals surface area contributed by atoms with Crippen molar-refractivity contribution in [1.29, 1.82) is 0 Å². The summed E-state index contributed by atoms with van der Waals surface area (Å²) in [6.07, 6.45) is 1.89. The molecule has 0 amide bonds. The normalized spacial score (nSPS) is 11.3. The van der Waals surface area contributed by atoms with Gasteiger partial charge in [-0.15, -0.1) is 0 Å². The SMILES string of the molecule is CCCCn1c(O)c(C(CC)=NNC(=S)Nc2ccccc2)c(=O)[nH]c1=O. The van der Waals surface area contributed by atoms with Gasteiger partial charge < -0.3 is 10.4 Å². The van der Waals surface area contributed by atoms with E-state index in [-0.39, 0.29) is 22.3 Å². The fourth-order valence-electron chi connectivity index (χ4n) is 2.45. The summed E-state index contributed by atoms with van der Waals surface area (Å²) in [6, 6.07) is 9.31. The molecule has 0 bridgehead atoms. The van der Waals surface area contributed by atoms with E-state index in [0.29, 0.717) is 19.4 Å². The predicted molar refractivity (Wildman–Crippen MR) is 111 cm³/mol. The third-order valence-electron chi connectivity index (χ3n) is 3.85. The molecule has 0 saturated carbocycles. The van der Waals surface area contributed by atoms with E-state index < -0.39 is 11.2 Å². The van der Waals surface area contributed by atoms with Crippen molar-refractivity contribution in [2.24, 2.45) is 5.10 Å². The van der Waals surface area contributed by atoms with Crippen molar-refractivity contribution in [2.45, 2.75) is 39.7 Å². The number of hydrazone groups is 1. The van der Waals surface area contributed by atoms with Gasteiger partial charge in [0.1, 0.15) is 5.56 Å². The summed E-state index contributed by atoms with van der Waals surface area (Å²) in [5.41, 5.74) is 2.38. The number of nitrogens with one attached hydrogen (secondary N) is 3. The topological polar surface area (TPSA) is 112 Å². The van der Waals surface area contributed by atoms with E-state index in [1.165, 1.54) is 0 Å². The lowest BCUT2D eigenvalue weighted by Crippen LogP contribution is -2.35. The second-order valence-electron chi connectivity index (χ2n) is 5.81. The Labute approximate surface area is 161 Å². The highest BCUT2D eigenvalue weighted by Gasteiger charge is 2.18. The maximum absolute atomic E-state index is 12.2. The summed E-state index contributed by atoms with van der Waals surface area (Å²) in [4.78, 5) is 26.4. The van der Waals surface area contributed by atoms with Gasteiger partial charge in [-0.1, -0.05) is 38.5 Å². The lowest BCUT2D eigenvalue weighted by molar-refractivity contribution is 0.394. The third-order valence-corrected chi connectivity index (χ3v) is 4.05. The van der Waals surface area contributed by atoms with E-state index in [1.807, 2.05) is 37.3 Å². The number of hydrogen-bond donors (Lipinski definition) is 4. The Kier molecular flexibility index (Phi) is 7.30. The first kappa shape index (κ1) is 20.4. The van der Waals surface area contributed by atoms with Crippen LogP contribution in [-0.4, -0.2) is 25.5 Å². The van der Waals surface area contributed by atoms with Crippen molar-refractivity contribution in [2.75, 3.05) is 5.32 Å². The number of aromatic amines is 1. The largest absolute Gasteiger partial charge is 0.494 e. The second kappa shape index (κ2) is 9.67. The molecule has 0 aliphatic heterocycles. The highest BCUT2D eigenvalue weighted by Crippen LogP contribution is 2.14. The highest BCUT2D eigenvalue weighted by molar-refractivity contribution is 7.80. The first-order chi connectivity index (χ1) is 13.0. The van der Waals surface area contributed by atoms with Gasteiger partial charge in [-0.05, 0) is 37.2 Å². The van der Waals surface area contributed by atoms with E-state index in [4.69, 9.17) is 12.2 Å². The average Bonchev–Trinajstić information content (AvgIpc) is 2.64. The zero-order valence-corrected chi connectivity index (χ0v) is 16.1. The van der Waals surface area contributed by atoms with Crippen LogP contribution >= 0.6 is 12.2 Å². The zero-order chi connectivity index (χ0) is 19.8. The van der Waals surface area contributed by atoms with Crippen LogP contribution in [0.15, 0.2) is 45.0 Å². The fourth-order valence-corrected chi connectivity index (χ4v) is 2.62. The number of aromatic nitrogens is 2. The molecular formula is C18H23N5O3S. The first-order valence-electron chi connectivity index (χ1n) is 8.73. The number of H-pyrrole nitrogens is 1. The standard InChI is InChI=1S/C18H23N5O3S/c1-3-5-11-23-16(25)14(15(24)20-18(23)26)13(4-2)21-22-17(27)19-12-9-7-6-8-10-12/h6-10,25H,3-5,11H2,1-2H3,(H2,19,22,27)(H,20,24,26). The lowest BCUT2D eigenvalue weighted by Gasteiger charge is -2.12. The van der Waals surface area contributed by atoms with Crippen LogP contribution in [0.4, 0.5) is 5.69 Å². The molecule has 0 radical (unpaired) electrons. The number of para-hydroxylation sites is 1. The number of thiocarbonyl (C=S) groups is 1. The van der Waals surface area contributed by atoms with Gasteiger partial charge >= 0.3 is 5.69 Å². The Morgan fingerprint density at radius 3 is 2.59 bits per heavy atom. The van der Waals surface area contributed by atoms with Crippen LogP contribution in [-0.2, 0) is 6.54 Å². The third kappa shape index (κ3) is 5.27. The lowest BCUT2D eigenvalue weighted by atomic mass is 10.1. The minimum atomic E-state index is -0.686. The van der Waals surface area contributed by atoms with Crippen LogP contribution in [0.3, 0.4) is 0 Å². The molecule has 4 N–H and O–H groups in total. The number of unbranched alkanes of at least 4 members (excludes halogenated alkanes) is 1. The number of aromatic hydroxyl groups is 1. The van der Waals surface area contributed by atoms with Gasteiger partial charge in [0.05, 0.1) is 5.71 Å². The van der Waals surface area contributed by atoms with E-state index in [9.17, 15) is 14.7 Å². The highest BCUT2D eigenvalue weighted by atomic mass is 32.1. The second-order valence-corrected chi connectivity index (χ2v) is 6.22. The monoisotopic (exact) mass is 389 g/mol. The van der Waals surface area contributed by atoms with E-state index in [2.05, 4.69) is 20.8 Å². The minimum absolute atomic E-state index is 0.0387. The molecule has 1 aromatic carbocycles. The van der Waals surface area contributed by atoms with Crippen molar-refractivity contribution in [3.8, 4) is 5.88 Å². The average molecular weight is 389 g/mol. The fraction of sp³-hybridized carbons (Fsp3) is 0.333. The Bertz CT molecular complexity index is 934. The molecule has 0 aliphatic rings. The molecule has 8 nitrogen and oxygen atoms in total. The van der Waals surface area contributed by atoms with Crippen LogP contribution in [0, 0.1) is 0 Å². The molecule has 2 aromatic rings. The number of rotatable bonds is 7. The molecular weight excluding hydrogens is 366 g/mol. The maximum atomic E-state index is 12.2. The van der Waals surface area contributed by atoms with Crippen LogP contribution in [0.25, 0.3) is 0 Å². The molecule has 1 aromatic heterocycles. The van der Waals surface area contributed by atoms with E-state index >= 15 is 0 Å². The van der Waals surface area contributed by atoms with Gasteiger partial charge in [0.2, 0.25) is 5.88 Å². The summed E-state index contributed by atoms with van der Waals surface area (Å²) in [6.45, 7) is 4.07. The molecule has 0 unspecified atom stereocenters. The smallest absolute Gasteiger partial charge is 0.331 e. The summed E-state index contributed by atoms with van der Waals surface area (Å²) in [5.74, 6) is -0.387. The summed E-state index contributed by atoms with van der Waals surface area (Å²) >= 11 is 5.19. The Hall–Kier alpha value is -2.94. The van der Waals surface area contributed by atoms with Crippen molar-refractivity contribution < 1.29 is 5.11 Å². The number of anilines is 1. The minimum Gasteiger partial charge on any atom is -0.494 e. The van der Waals surface area contributed by atoms with Gasteiger partial charge in [-0.2, -0.15) is 5.10 Å². The van der Waals surface area contributed by atoms with Gasteiger partial charge in [0.25, 0.3) is 5.56 Å². The van der Waals surface area contributed by atoms with Gasteiger partial charge in [-0.25, -0.2) is 4.79 Å². The van der Waals surface area contributed by atoms with E-state index in [1.54, 1.807) is 6.92 Å². The number of benzene rings is 1. The molecule has 0 saturated heterocycles. The maximum Gasteiger partial charge on any atom is 0.331 e. The molecule has 27 heavy (non-hydrogen) atoms. The van der Waals surface area contributed by atoms with Crippen LogP contribution in [0.5, 0.6) is 5.88 Å². The van der Waals surface area contributed by atoms with Crippen LogP contribution in [0.2, 0.25) is 0 Å². The molecule has 144 valence electrons. The van der Waals surface area contributed by atoms with Crippen molar-refractivity contribution >= 4 is 28.7 Å². The Morgan fingerprint density at radius 1 is 1.26 bits per heavy atom. The summed E-state index contributed by atoms with van der Waals surface area (Å²) < 4.78 is 1.14. The number of hydrogen-bond acceptors (Lipinski definition) is 5. The van der Waals surface area contributed by atoms with E-state index in [0.717, 1.165) is 16.7 Å². The summed E-state index contributed by atoms with van der Waals surface area (Å²) in [5, 5.41) is 17.8. The molecule has 0 aliphatic carbocycles. The van der Waals surface area contributed by atoms with Crippen LogP contribution in [0.1, 0.15) is 38.7 Å². The van der Waals surface area contributed by atoms with Crippen molar-refractivity contribution in [3.63, 3.8) is 0 Å². The predicted octanol–water partition coefficient (Wildman–Crippen LogP) is 2.14. The van der Waals surface area contributed by atoms with Gasteiger partial charge in [0, 0.05) is 12.2 Å². The zero-order valence-electron chi connectivity index (χ0n) is 15.3. The van der Waals surface area contributed by atoms with Crippen molar-refractivity contribution in [1.82, 2.24) is 15.0 Å². The Morgan fingerprint density at radius 2 is 1.96 bits per heavy atom. The number of nitrogens with zero attached hydrogens (tertiary/aromatic N) is 2. The molecule has 2 rings (SSSR count). The molecule has 9 heteroatoms.